The van der Waals surface area contributed by atoms with E-state index >= 15 is 0 Å². The molecular formula is C19H26N2O3. The van der Waals surface area contributed by atoms with Crippen LogP contribution < -0.4 is 4.90 Å². The molecule has 0 N–H and O–H groups in total. The smallest absolute Gasteiger partial charge is 0.338 e. The number of hydrogen-bond acceptors (Lipinski definition) is 4. The zero-order valence-electron chi connectivity index (χ0n) is 14.4. The molecule has 3 rings (SSSR count). The highest BCUT2D eigenvalue weighted by Gasteiger charge is 2.29. The topological polar surface area (TPSA) is 49.9 Å². The summed E-state index contributed by atoms with van der Waals surface area (Å²) in [6.07, 6.45) is 4.52. The fourth-order valence-corrected chi connectivity index (χ4v) is 3.64. The van der Waals surface area contributed by atoms with Gasteiger partial charge in [0.05, 0.1) is 12.2 Å². The van der Waals surface area contributed by atoms with Crippen molar-refractivity contribution in [2.24, 2.45) is 5.92 Å². The molecule has 24 heavy (non-hydrogen) atoms. The van der Waals surface area contributed by atoms with Crippen LogP contribution in [0.3, 0.4) is 0 Å². The molecule has 1 aromatic rings. The highest BCUT2D eigenvalue weighted by atomic mass is 16.5. The highest BCUT2D eigenvalue weighted by molar-refractivity contribution is 5.89. The third-order valence-corrected chi connectivity index (χ3v) is 5.04. The maximum Gasteiger partial charge on any atom is 0.338 e. The molecule has 1 heterocycles. The van der Waals surface area contributed by atoms with E-state index in [1.807, 2.05) is 29.2 Å². The first-order valence-corrected chi connectivity index (χ1v) is 9.00. The molecule has 0 bridgehead atoms. The van der Waals surface area contributed by atoms with Gasteiger partial charge < -0.3 is 14.5 Å². The van der Waals surface area contributed by atoms with Gasteiger partial charge in [-0.2, -0.15) is 0 Å². The molecule has 0 radical (unpaired) electrons. The molecule has 5 nitrogen and oxygen atoms in total. The Morgan fingerprint density at radius 3 is 2.25 bits per heavy atom. The third kappa shape index (κ3) is 3.71. The molecule has 0 aromatic heterocycles. The van der Waals surface area contributed by atoms with Crippen LogP contribution in [0.15, 0.2) is 24.3 Å². The fourth-order valence-electron chi connectivity index (χ4n) is 3.64. The lowest BCUT2D eigenvalue weighted by Gasteiger charge is -2.37. The van der Waals surface area contributed by atoms with Crippen LogP contribution >= 0.6 is 0 Å². The average Bonchev–Trinajstić information content (AvgIpc) is 3.16. The van der Waals surface area contributed by atoms with Crippen LogP contribution in [0.5, 0.6) is 0 Å². The minimum atomic E-state index is -0.281. The number of amides is 1. The van der Waals surface area contributed by atoms with Crippen LogP contribution in [0, 0.1) is 5.92 Å². The van der Waals surface area contributed by atoms with Gasteiger partial charge in [0.25, 0.3) is 0 Å². The molecule has 2 fully saturated rings. The lowest BCUT2D eigenvalue weighted by molar-refractivity contribution is -0.135. The summed E-state index contributed by atoms with van der Waals surface area (Å²) in [4.78, 5) is 28.5. The molecule has 5 heteroatoms. The molecule has 1 aliphatic carbocycles. The summed E-state index contributed by atoms with van der Waals surface area (Å²) in [7, 11) is 0. The minimum Gasteiger partial charge on any atom is -0.462 e. The monoisotopic (exact) mass is 330 g/mol. The SMILES string of the molecule is CCOC(=O)c1ccc(N2CCN(C(=O)C3CCCC3)CC2)cc1. The Labute approximate surface area is 143 Å². The number of anilines is 1. The summed E-state index contributed by atoms with van der Waals surface area (Å²) in [6.45, 7) is 5.45. The van der Waals surface area contributed by atoms with Gasteiger partial charge >= 0.3 is 5.97 Å². The van der Waals surface area contributed by atoms with Crippen LogP contribution in [-0.2, 0) is 9.53 Å². The summed E-state index contributed by atoms with van der Waals surface area (Å²) < 4.78 is 5.01. The van der Waals surface area contributed by atoms with E-state index in [1.165, 1.54) is 12.8 Å². The second-order valence-corrected chi connectivity index (χ2v) is 6.56. The van der Waals surface area contributed by atoms with Gasteiger partial charge in [0.2, 0.25) is 5.91 Å². The number of carbonyl (C=O) groups is 2. The molecule has 0 spiro atoms. The predicted molar refractivity (Wildman–Crippen MR) is 93.1 cm³/mol. The predicted octanol–water partition coefficient (Wildman–Crippen LogP) is 2.70. The number of benzene rings is 1. The van der Waals surface area contributed by atoms with Gasteiger partial charge in [-0.15, -0.1) is 0 Å². The molecular weight excluding hydrogens is 304 g/mol. The number of esters is 1. The Balaban J connectivity index is 1.54. The van der Waals surface area contributed by atoms with E-state index in [1.54, 1.807) is 6.92 Å². The molecule has 1 amide bonds. The summed E-state index contributed by atoms with van der Waals surface area (Å²) >= 11 is 0. The van der Waals surface area contributed by atoms with E-state index in [0.717, 1.165) is 44.7 Å². The molecule has 0 atom stereocenters. The van der Waals surface area contributed by atoms with E-state index < -0.39 is 0 Å². The summed E-state index contributed by atoms with van der Waals surface area (Å²) in [6, 6.07) is 7.54. The van der Waals surface area contributed by atoms with Crippen molar-refractivity contribution in [3.8, 4) is 0 Å². The second-order valence-electron chi connectivity index (χ2n) is 6.56. The highest BCUT2D eigenvalue weighted by Crippen LogP contribution is 2.27. The molecule has 1 saturated heterocycles. The molecule has 1 saturated carbocycles. The second kappa shape index (κ2) is 7.69. The van der Waals surface area contributed by atoms with Crippen molar-refractivity contribution in [3.63, 3.8) is 0 Å². The van der Waals surface area contributed by atoms with Gasteiger partial charge in [0.15, 0.2) is 0 Å². The largest absolute Gasteiger partial charge is 0.462 e. The first-order valence-electron chi connectivity index (χ1n) is 9.00. The number of piperazine rings is 1. The maximum atomic E-state index is 12.5. The van der Waals surface area contributed by atoms with Crippen LogP contribution in [0.25, 0.3) is 0 Å². The minimum absolute atomic E-state index is 0.264. The Hall–Kier alpha value is -2.04. The average molecular weight is 330 g/mol. The molecule has 0 unspecified atom stereocenters. The number of carbonyl (C=O) groups excluding carboxylic acids is 2. The van der Waals surface area contributed by atoms with Crippen molar-refractivity contribution >= 4 is 17.6 Å². The number of nitrogens with zero attached hydrogens (tertiary/aromatic N) is 2. The van der Waals surface area contributed by atoms with Gasteiger partial charge in [-0.1, -0.05) is 12.8 Å². The van der Waals surface area contributed by atoms with Crippen LogP contribution in [0.2, 0.25) is 0 Å². The van der Waals surface area contributed by atoms with Gasteiger partial charge in [0.1, 0.15) is 0 Å². The first-order chi connectivity index (χ1) is 11.7. The van der Waals surface area contributed by atoms with Crippen molar-refractivity contribution < 1.29 is 14.3 Å². The Kier molecular flexibility index (Phi) is 5.38. The third-order valence-electron chi connectivity index (χ3n) is 5.04. The Morgan fingerprint density at radius 1 is 1.04 bits per heavy atom. The van der Waals surface area contributed by atoms with Gasteiger partial charge in [-0.05, 0) is 44.0 Å². The molecule has 1 aliphatic heterocycles. The molecule has 130 valence electrons. The van der Waals surface area contributed by atoms with Gasteiger partial charge in [0, 0.05) is 37.8 Å². The zero-order chi connectivity index (χ0) is 16.9. The van der Waals surface area contributed by atoms with E-state index in [2.05, 4.69) is 4.90 Å². The standard InChI is InChI=1S/C19H26N2O3/c1-2-24-19(23)16-7-9-17(10-8-16)20-11-13-21(14-12-20)18(22)15-5-3-4-6-15/h7-10,15H,2-6,11-14H2,1H3. The van der Waals surface area contributed by atoms with Crippen LogP contribution in [0.4, 0.5) is 5.69 Å². The summed E-state index contributed by atoms with van der Waals surface area (Å²) in [5, 5.41) is 0. The van der Waals surface area contributed by atoms with E-state index in [0.29, 0.717) is 18.1 Å². The van der Waals surface area contributed by atoms with Gasteiger partial charge in [-0.25, -0.2) is 4.79 Å². The van der Waals surface area contributed by atoms with Crippen LogP contribution in [-0.4, -0.2) is 49.6 Å². The van der Waals surface area contributed by atoms with Crippen molar-refractivity contribution in [2.45, 2.75) is 32.6 Å². The number of ether oxygens (including phenoxy) is 1. The van der Waals surface area contributed by atoms with Crippen molar-refractivity contribution in [1.82, 2.24) is 4.90 Å². The van der Waals surface area contributed by atoms with Crippen molar-refractivity contribution in [3.05, 3.63) is 29.8 Å². The summed E-state index contributed by atoms with van der Waals surface area (Å²) in [5.74, 6) is 0.334. The van der Waals surface area contributed by atoms with E-state index in [9.17, 15) is 9.59 Å². The van der Waals surface area contributed by atoms with Crippen molar-refractivity contribution in [1.29, 1.82) is 0 Å². The van der Waals surface area contributed by atoms with Crippen molar-refractivity contribution in [2.75, 3.05) is 37.7 Å². The molecule has 1 aromatic carbocycles. The van der Waals surface area contributed by atoms with E-state index in [-0.39, 0.29) is 11.9 Å². The number of hydrogen-bond donors (Lipinski definition) is 0. The fraction of sp³-hybridized carbons (Fsp3) is 0.579. The van der Waals surface area contributed by atoms with Crippen LogP contribution in [0.1, 0.15) is 43.0 Å². The summed E-state index contributed by atoms with van der Waals surface area (Å²) in [5.41, 5.74) is 1.67. The lowest BCUT2D eigenvalue weighted by Crippen LogP contribution is -2.50. The van der Waals surface area contributed by atoms with Gasteiger partial charge in [-0.3, -0.25) is 4.79 Å². The molecule has 2 aliphatic rings. The Bertz CT molecular complexity index is 571. The Morgan fingerprint density at radius 2 is 1.67 bits per heavy atom. The normalized spacial score (nSPS) is 18.7. The quantitative estimate of drug-likeness (QED) is 0.797. The van der Waals surface area contributed by atoms with E-state index in [4.69, 9.17) is 4.74 Å². The lowest BCUT2D eigenvalue weighted by atomic mass is 10.1. The first kappa shape index (κ1) is 16.8. The maximum absolute atomic E-state index is 12.5. The number of rotatable bonds is 4. The zero-order valence-corrected chi connectivity index (χ0v) is 14.4.